The van der Waals surface area contributed by atoms with E-state index in [1.807, 2.05) is 0 Å². The van der Waals surface area contributed by atoms with E-state index in [-0.39, 0.29) is 24.4 Å². The van der Waals surface area contributed by atoms with E-state index < -0.39 is 5.97 Å². The number of halogens is 1. The van der Waals surface area contributed by atoms with Gasteiger partial charge in [-0.1, -0.05) is 12.1 Å². The normalized spacial score (nSPS) is 16.3. The van der Waals surface area contributed by atoms with E-state index in [0.717, 1.165) is 25.9 Å². The van der Waals surface area contributed by atoms with Crippen LogP contribution in [-0.4, -0.2) is 48.6 Å². The van der Waals surface area contributed by atoms with Crippen molar-refractivity contribution in [3.05, 3.63) is 41.7 Å². The van der Waals surface area contributed by atoms with E-state index in [0.29, 0.717) is 11.6 Å². The minimum absolute atomic E-state index is 0.129. The summed E-state index contributed by atoms with van der Waals surface area (Å²) in [6, 6.07) is 6.50. The van der Waals surface area contributed by atoms with Crippen LogP contribution in [0.15, 0.2) is 30.3 Å². The quantitative estimate of drug-likeness (QED) is 0.633. The molecule has 136 valence electrons. The van der Waals surface area contributed by atoms with E-state index in [9.17, 15) is 14.0 Å². The number of likely N-dealkylation sites (tertiary alicyclic amines) is 1. The Morgan fingerprint density at radius 2 is 2.08 bits per heavy atom. The van der Waals surface area contributed by atoms with Gasteiger partial charge in [-0.3, -0.25) is 4.79 Å². The van der Waals surface area contributed by atoms with Crippen LogP contribution in [0.4, 0.5) is 4.39 Å². The summed E-state index contributed by atoms with van der Waals surface area (Å²) in [6.07, 6.45) is 4.43. The van der Waals surface area contributed by atoms with Gasteiger partial charge < -0.3 is 15.0 Å². The molecule has 1 amide bonds. The highest BCUT2D eigenvalue weighted by Crippen LogP contribution is 2.12. The van der Waals surface area contributed by atoms with E-state index in [2.05, 4.69) is 24.1 Å². The van der Waals surface area contributed by atoms with Crippen molar-refractivity contribution in [1.29, 1.82) is 0 Å². The van der Waals surface area contributed by atoms with Gasteiger partial charge in [0, 0.05) is 31.2 Å². The Morgan fingerprint density at radius 1 is 1.36 bits per heavy atom. The van der Waals surface area contributed by atoms with Gasteiger partial charge in [0.25, 0.3) is 5.91 Å². The maximum Gasteiger partial charge on any atom is 0.331 e. The zero-order chi connectivity index (χ0) is 18.2. The summed E-state index contributed by atoms with van der Waals surface area (Å²) in [6.45, 7) is 5.93. The lowest BCUT2D eigenvalue weighted by Crippen LogP contribution is -2.47. The van der Waals surface area contributed by atoms with Gasteiger partial charge in [-0.2, -0.15) is 0 Å². The van der Waals surface area contributed by atoms with Crippen LogP contribution in [0.25, 0.3) is 6.08 Å². The third kappa shape index (κ3) is 6.66. The second-order valence-corrected chi connectivity index (χ2v) is 6.47. The SMILES string of the molecule is CC(C)N1CCC(NC(=O)COC(=O)/C=C/c2cccc(F)c2)CC1. The Kier molecular flexibility index (Phi) is 7.13. The molecule has 5 nitrogen and oxygen atoms in total. The number of hydrogen-bond acceptors (Lipinski definition) is 4. The molecule has 1 heterocycles. The van der Waals surface area contributed by atoms with Gasteiger partial charge >= 0.3 is 5.97 Å². The molecule has 1 aromatic carbocycles. The Balaban J connectivity index is 1.68. The molecule has 1 aliphatic rings. The van der Waals surface area contributed by atoms with Crippen molar-refractivity contribution in [3.8, 4) is 0 Å². The molecular weight excluding hydrogens is 323 g/mol. The minimum atomic E-state index is -0.631. The fourth-order valence-electron chi connectivity index (χ4n) is 2.79. The highest BCUT2D eigenvalue weighted by atomic mass is 19.1. The molecule has 1 aromatic rings. The summed E-state index contributed by atoms with van der Waals surface area (Å²) in [5.74, 6) is -1.30. The summed E-state index contributed by atoms with van der Waals surface area (Å²) >= 11 is 0. The minimum Gasteiger partial charge on any atom is -0.452 e. The molecule has 1 aliphatic heterocycles. The number of carbonyl (C=O) groups is 2. The lowest BCUT2D eigenvalue weighted by atomic mass is 10.0. The smallest absolute Gasteiger partial charge is 0.331 e. The van der Waals surface area contributed by atoms with Crippen molar-refractivity contribution in [3.63, 3.8) is 0 Å². The third-order valence-corrected chi connectivity index (χ3v) is 4.23. The molecule has 0 spiro atoms. The van der Waals surface area contributed by atoms with Crippen LogP contribution in [0.2, 0.25) is 0 Å². The van der Waals surface area contributed by atoms with Gasteiger partial charge in [0.2, 0.25) is 0 Å². The molecule has 1 fully saturated rings. The van der Waals surface area contributed by atoms with Gasteiger partial charge in [-0.05, 0) is 50.5 Å². The second kappa shape index (κ2) is 9.32. The lowest BCUT2D eigenvalue weighted by molar-refractivity contribution is -0.144. The predicted octanol–water partition coefficient (Wildman–Crippen LogP) is 2.37. The monoisotopic (exact) mass is 348 g/mol. The number of rotatable bonds is 6. The Hall–Kier alpha value is -2.21. The molecule has 1 saturated heterocycles. The number of nitrogens with zero attached hydrogens (tertiary/aromatic N) is 1. The first-order valence-corrected chi connectivity index (χ1v) is 8.58. The molecule has 6 heteroatoms. The highest BCUT2D eigenvalue weighted by molar-refractivity contribution is 5.89. The van der Waals surface area contributed by atoms with Crippen LogP contribution in [-0.2, 0) is 14.3 Å². The van der Waals surface area contributed by atoms with E-state index in [1.54, 1.807) is 12.1 Å². The first-order chi connectivity index (χ1) is 11.9. The first kappa shape index (κ1) is 19.1. The number of nitrogens with one attached hydrogen (secondary N) is 1. The number of piperidine rings is 1. The average Bonchev–Trinajstić information content (AvgIpc) is 2.58. The van der Waals surface area contributed by atoms with Gasteiger partial charge in [-0.15, -0.1) is 0 Å². The summed E-state index contributed by atoms with van der Waals surface area (Å²) in [7, 11) is 0. The van der Waals surface area contributed by atoms with Crippen molar-refractivity contribution in [2.24, 2.45) is 0 Å². The fourth-order valence-corrected chi connectivity index (χ4v) is 2.79. The zero-order valence-corrected chi connectivity index (χ0v) is 14.7. The van der Waals surface area contributed by atoms with Crippen molar-refractivity contribution in [2.75, 3.05) is 19.7 Å². The van der Waals surface area contributed by atoms with Crippen molar-refractivity contribution >= 4 is 18.0 Å². The molecule has 0 saturated carbocycles. The Bertz CT molecular complexity index is 623. The third-order valence-electron chi connectivity index (χ3n) is 4.23. The van der Waals surface area contributed by atoms with Gasteiger partial charge in [0.15, 0.2) is 6.61 Å². The predicted molar refractivity (Wildman–Crippen MR) is 94.3 cm³/mol. The standard InChI is InChI=1S/C19H25FN2O3/c1-14(2)22-10-8-17(9-11-22)21-18(23)13-25-19(24)7-6-15-4-3-5-16(20)12-15/h3-7,12,14,17H,8-11,13H2,1-2H3,(H,21,23)/b7-6+. The summed E-state index contributed by atoms with van der Waals surface area (Å²) in [5, 5.41) is 2.90. The molecule has 0 unspecified atom stereocenters. The summed E-state index contributed by atoms with van der Waals surface area (Å²) < 4.78 is 17.9. The van der Waals surface area contributed by atoms with E-state index >= 15 is 0 Å². The van der Waals surface area contributed by atoms with E-state index in [4.69, 9.17) is 4.74 Å². The number of benzene rings is 1. The van der Waals surface area contributed by atoms with Crippen molar-refractivity contribution in [1.82, 2.24) is 10.2 Å². The molecule has 2 rings (SSSR count). The van der Waals surface area contributed by atoms with Crippen LogP contribution in [0.1, 0.15) is 32.3 Å². The first-order valence-electron chi connectivity index (χ1n) is 8.58. The number of ether oxygens (including phenoxy) is 1. The van der Waals surface area contributed by atoms with E-state index in [1.165, 1.54) is 24.3 Å². The van der Waals surface area contributed by atoms with Crippen molar-refractivity contribution in [2.45, 2.75) is 38.8 Å². The molecule has 0 bridgehead atoms. The molecule has 0 radical (unpaired) electrons. The van der Waals surface area contributed by atoms with Crippen LogP contribution in [0, 0.1) is 5.82 Å². The summed E-state index contributed by atoms with van der Waals surface area (Å²) in [5.41, 5.74) is 0.554. The zero-order valence-electron chi connectivity index (χ0n) is 14.7. The van der Waals surface area contributed by atoms with Gasteiger partial charge in [0.1, 0.15) is 5.82 Å². The molecule has 25 heavy (non-hydrogen) atoms. The molecule has 0 aromatic heterocycles. The van der Waals surface area contributed by atoms with Crippen molar-refractivity contribution < 1.29 is 18.7 Å². The molecule has 1 N–H and O–H groups in total. The maximum atomic E-state index is 13.0. The molecule has 0 aliphatic carbocycles. The Morgan fingerprint density at radius 3 is 2.72 bits per heavy atom. The highest BCUT2D eigenvalue weighted by Gasteiger charge is 2.22. The maximum absolute atomic E-state index is 13.0. The van der Waals surface area contributed by atoms with Crippen LogP contribution in [0.3, 0.4) is 0 Å². The van der Waals surface area contributed by atoms with Crippen LogP contribution >= 0.6 is 0 Å². The number of carbonyl (C=O) groups excluding carboxylic acids is 2. The molecular formula is C19H25FN2O3. The average molecular weight is 348 g/mol. The molecule has 0 atom stereocenters. The van der Waals surface area contributed by atoms with Gasteiger partial charge in [-0.25, -0.2) is 9.18 Å². The topological polar surface area (TPSA) is 58.6 Å². The number of esters is 1. The fraction of sp³-hybridized carbons (Fsp3) is 0.474. The van der Waals surface area contributed by atoms with Crippen LogP contribution < -0.4 is 5.32 Å². The Labute approximate surface area is 147 Å². The summed E-state index contributed by atoms with van der Waals surface area (Å²) in [4.78, 5) is 25.9. The van der Waals surface area contributed by atoms with Crippen LogP contribution in [0.5, 0.6) is 0 Å². The number of amides is 1. The largest absolute Gasteiger partial charge is 0.452 e. The second-order valence-electron chi connectivity index (χ2n) is 6.47. The lowest BCUT2D eigenvalue weighted by Gasteiger charge is -2.34. The van der Waals surface area contributed by atoms with Gasteiger partial charge in [0.05, 0.1) is 0 Å². The number of hydrogen-bond donors (Lipinski definition) is 1.